The van der Waals surface area contributed by atoms with Crippen LogP contribution in [0.2, 0.25) is 0 Å². The molecule has 3 nitrogen and oxygen atoms in total. The van der Waals surface area contributed by atoms with Crippen molar-refractivity contribution in [2.24, 2.45) is 5.92 Å². The predicted octanol–water partition coefficient (Wildman–Crippen LogP) is 1.09. The highest BCUT2D eigenvalue weighted by atomic mass is 16.5. The Morgan fingerprint density at radius 2 is 2.42 bits per heavy atom. The minimum absolute atomic E-state index is 0.236. The van der Waals surface area contributed by atoms with Crippen molar-refractivity contribution >= 4 is 0 Å². The normalized spacial score (nSPS) is 28.8. The Bertz CT molecular complexity index is 128. The van der Waals surface area contributed by atoms with E-state index in [9.17, 15) is 0 Å². The zero-order valence-corrected chi connectivity index (χ0v) is 8.08. The van der Waals surface area contributed by atoms with Gasteiger partial charge in [-0.1, -0.05) is 6.92 Å². The number of nitrogens with one attached hydrogen (secondary N) is 1. The van der Waals surface area contributed by atoms with Crippen LogP contribution < -0.4 is 5.48 Å². The third-order valence-electron chi connectivity index (χ3n) is 2.90. The summed E-state index contributed by atoms with van der Waals surface area (Å²) in [7, 11) is 0. The maximum absolute atomic E-state index is 8.78. The third-order valence-corrected chi connectivity index (χ3v) is 2.90. The van der Waals surface area contributed by atoms with Gasteiger partial charge in [0.05, 0.1) is 0 Å². The SMILES string of the molecule is CCN1CCCC(C(C)NO)C1. The smallest absolute Gasteiger partial charge is 0.0331 e. The van der Waals surface area contributed by atoms with Crippen molar-refractivity contribution < 1.29 is 5.21 Å². The molecule has 0 aromatic rings. The van der Waals surface area contributed by atoms with Crippen molar-refractivity contribution in [3.05, 3.63) is 0 Å². The van der Waals surface area contributed by atoms with Crippen LogP contribution in [-0.2, 0) is 0 Å². The van der Waals surface area contributed by atoms with Crippen LogP contribution in [0.3, 0.4) is 0 Å². The van der Waals surface area contributed by atoms with E-state index in [0.29, 0.717) is 5.92 Å². The monoisotopic (exact) mass is 172 g/mol. The number of rotatable bonds is 3. The minimum Gasteiger partial charge on any atom is -0.317 e. The lowest BCUT2D eigenvalue weighted by molar-refractivity contribution is 0.0712. The molecule has 2 N–H and O–H groups in total. The van der Waals surface area contributed by atoms with Crippen molar-refractivity contribution in [3.63, 3.8) is 0 Å². The molecule has 0 amide bonds. The third kappa shape index (κ3) is 2.44. The number of hydrogen-bond donors (Lipinski definition) is 2. The summed E-state index contributed by atoms with van der Waals surface area (Å²) < 4.78 is 0. The van der Waals surface area contributed by atoms with Crippen LogP contribution in [0.4, 0.5) is 0 Å². The largest absolute Gasteiger partial charge is 0.317 e. The van der Waals surface area contributed by atoms with Gasteiger partial charge in [-0.25, -0.2) is 5.48 Å². The number of hydroxylamine groups is 1. The fourth-order valence-corrected chi connectivity index (χ4v) is 1.89. The zero-order chi connectivity index (χ0) is 8.97. The standard InChI is InChI=1S/C9H20N2O/c1-3-11-6-4-5-9(7-11)8(2)10-12/h8-10,12H,3-7H2,1-2H3. The van der Waals surface area contributed by atoms with Crippen LogP contribution in [0.15, 0.2) is 0 Å². The van der Waals surface area contributed by atoms with Crippen LogP contribution in [0, 0.1) is 5.92 Å². The van der Waals surface area contributed by atoms with Gasteiger partial charge >= 0.3 is 0 Å². The molecule has 2 unspecified atom stereocenters. The molecule has 0 radical (unpaired) electrons. The van der Waals surface area contributed by atoms with Crippen LogP contribution in [-0.4, -0.2) is 35.8 Å². The summed E-state index contributed by atoms with van der Waals surface area (Å²) in [5.74, 6) is 0.615. The molecule has 1 saturated heterocycles. The van der Waals surface area contributed by atoms with E-state index in [1.165, 1.54) is 19.4 Å². The van der Waals surface area contributed by atoms with Gasteiger partial charge in [0.2, 0.25) is 0 Å². The highest BCUT2D eigenvalue weighted by Crippen LogP contribution is 2.18. The lowest BCUT2D eigenvalue weighted by atomic mass is 9.92. The molecule has 0 aliphatic carbocycles. The molecule has 1 rings (SSSR count). The average molecular weight is 172 g/mol. The number of hydrogen-bond acceptors (Lipinski definition) is 3. The molecule has 0 bridgehead atoms. The van der Waals surface area contributed by atoms with Crippen molar-refractivity contribution in [3.8, 4) is 0 Å². The van der Waals surface area contributed by atoms with E-state index in [1.807, 2.05) is 6.92 Å². The Morgan fingerprint density at radius 1 is 1.67 bits per heavy atom. The first-order valence-electron chi connectivity index (χ1n) is 4.90. The maximum Gasteiger partial charge on any atom is 0.0331 e. The van der Waals surface area contributed by atoms with E-state index in [4.69, 9.17) is 5.21 Å². The molecule has 12 heavy (non-hydrogen) atoms. The lowest BCUT2D eigenvalue weighted by Crippen LogP contribution is -2.43. The average Bonchev–Trinajstić information content (AvgIpc) is 2.17. The molecule has 0 saturated carbocycles. The summed E-state index contributed by atoms with van der Waals surface area (Å²) in [6.45, 7) is 7.73. The second-order valence-corrected chi connectivity index (χ2v) is 3.71. The molecule has 1 fully saturated rings. The van der Waals surface area contributed by atoms with E-state index in [2.05, 4.69) is 17.3 Å². The minimum atomic E-state index is 0.236. The quantitative estimate of drug-likeness (QED) is 0.625. The van der Waals surface area contributed by atoms with Crippen LogP contribution in [0.25, 0.3) is 0 Å². The zero-order valence-electron chi connectivity index (χ0n) is 8.08. The molecule has 0 spiro atoms. The van der Waals surface area contributed by atoms with Gasteiger partial charge in [0.25, 0.3) is 0 Å². The molecular weight excluding hydrogens is 152 g/mol. The van der Waals surface area contributed by atoms with E-state index in [1.54, 1.807) is 0 Å². The summed E-state index contributed by atoms with van der Waals surface area (Å²) in [5.41, 5.74) is 2.35. The predicted molar refractivity (Wildman–Crippen MR) is 49.2 cm³/mol. The fourth-order valence-electron chi connectivity index (χ4n) is 1.89. The van der Waals surface area contributed by atoms with Crippen molar-refractivity contribution in [2.75, 3.05) is 19.6 Å². The van der Waals surface area contributed by atoms with Gasteiger partial charge in [0.15, 0.2) is 0 Å². The van der Waals surface area contributed by atoms with Crippen molar-refractivity contribution in [1.82, 2.24) is 10.4 Å². The van der Waals surface area contributed by atoms with Crippen molar-refractivity contribution in [1.29, 1.82) is 0 Å². The van der Waals surface area contributed by atoms with Gasteiger partial charge < -0.3 is 10.1 Å². The highest BCUT2D eigenvalue weighted by molar-refractivity contribution is 4.77. The Labute approximate surface area is 74.7 Å². The summed E-state index contributed by atoms with van der Waals surface area (Å²) in [4.78, 5) is 2.45. The molecule has 72 valence electrons. The second kappa shape index (κ2) is 4.80. The van der Waals surface area contributed by atoms with E-state index >= 15 is 0 Å². The summed E-state index contributed by atoms with van der Waals surface area (Å²) in [5, 5.41) is 8.78. The van der Waals surface area contributed by atoms with E-state index in [0.717, 1.165) is 13.1 Å². The second-order valence-electron chi connectivity index (χ2n) is 3.71. The fraction of sp³-hybridized carbons (Fsp3) is 1.00. The Morgan fingerprint density at radius 3 is 3.00 bits per heavy atom. The molecular formula is C9H20N2O. The summed E-state index contributed by atoms with van der Waals surface area (Å²) in [6, 6.07) is 0.236. The van der Waals surface area contributed by atoms with Crippen LogP contribution >= 0.6 is 0 Å². The number of piperidine rings is 1. The topological polar surface area (TPSA) is 35.5 Å². The molecule has 3 heteroatoms. The van der Waals surface area contributed by atoms with E-state index in [-0.39, 0.29) is 6.04 Å². The first-order valence-corrected chi connectivity index (χ1v) is 4.90. The van der Waals surface area contributed by atoms with Gasteiger partial charge in [-0.05, 0) is 38.8 Å². The van der Waals surface area contributed by atoms with Gasteiger partial charge in [-0.15, -0.1) is 0 Å². The number of likely N-dealkylation sites (tertiary alicyclic amines) is 1. The molecule has 2 atom stereocenters. The van der Waals surface area contributed by atoms with Gasteiger partial charge in [0.1, 0.15) is 0 Å². The van der Waals surface area contributed by atoms with E-state index < -0.39 is 0 Å². The summed E-state index contributed by atoms with van der Waals surface area (Å²) in [6.07, 6.45) is 2.51. The number of nitrogens with zero attached hydrogens (tertiary/aromatic N) is 1. The van der Waals surface area contributed by atoms with Gasteiger partial charge in [0, 0.05) is 12.6 Å². The maximum atomic E-state index is 8.78. The Balaban J connectivity index is 2.34. The first kappa shape index (κ1) is 9.96. The first-order chi connectivity index (χ1) is 5.77. The van der Waals surface area contributed by atoms with Gasteiger partial charge in [-0.2, -0.15) is 0 Å². The Kier molecular flexibility index (Phi) is 3.98. The molecule has 1 aliphatic rings. The Hall–Kier alpha value is -0.120. The molecule has 0 aromatic heterocycles. The van der Waals surface area contributed by atoms with Crippen molar-refractivity contribution in [2.45, 2.75) is 32.7 Å². The van der Waals surface area contributed by atoms with Gasteiger partial charge in [-0.3, -0.25) is 0 Å². The summed E-state index contributed by atoms with van der Waals surface area (Å²) >= 11 is 0. The van der Waals surface area contributed by atoms with Crippen LogP contribution in [0.1, 0.15) is 26.7 Å². The van der Waals surface area contributed by atoms with Crippen LogP contribution in [0.5, 0.6) is 0 Å². The lowest BCUT2D eigenvalue weighted by Gasteiger charge is -2.34. The highest BCUT2D eigenvalue weighted by Gasteiger charge is 2.22. The molecule has 1 heterocycles. The molecule has 1 aliphatic heterocycles. The molecule has 0 aromatic carbocycles.